The molecule has 0 bridgehead atoms. The molecule has 0 spiro atoms. The van der Waals surface area contributed by atoms with Crippen LogP contribution in [0.15, 0.2) is 60.9 Å². The van der Waals surface area contributed by atoms with Crippen molar-refractivity contribution in [2.45, 2.75) is 33.2 Å². The van der Waals surface area contributed by atoms with Crippen molar-refractivity contribution in [2.75, 3.05) is 36.0 Å². The Labute approximate surface area is 200 Å². The number of hydrogen-bond donors (Lipinski definition) is 1. The first-order valence-electron chi connectivity index (χ1n) is 12.0. The summed E-state index contributed by atoms with van der Waals surface area (Å²) < 4.78 is 13.2. The van der Waals surface area contributed by atoms with Gasteiger partial charge in [-0.1, -0.05) is 24.3 Å². The summed E-state index contributed by atoms with van der Waals surface area (Å²) in [6.45, 7) is 8.20. The van der Waals surface area contributed by atoms with Crippen molar-refractivity contribution in [3.63, 3.8) is 0 Å². The molecule has 2 aromatic carbocycles. The maximum atomic E-state index is 13.2. The molecular formula is C27H32FN5O. The van der Waals surface area contributed by atoms with Gasteiger partial charge in [-0.2, -0.15) is 0 Å². The summed E-state index contributed by atoms with van der Waals surface area (Å²) in [5.74, 6) is 0.329. The van der Waals surface area contributed by atoms with Crippen LogP contribution in [-0.2, 0) is 11.3 Å². The molecule has 1 amide bonds. The van der Waals surface area contributed by atoms with Gasteiger partial charge in [0.2, 0.25) is 11.9 Å². The topological polar surface area (TPSA) is 61.4 Å². The second kappa shape index (κ2) is 11.1. The molecule has 1 aliphatic heterocycles. The molecule has 1 fully saturated rings. The van der Waals surface area contributed by atoms with E-state index in [9.17, 15) is 9.18 Å². The Balaban J connectivity index is 1.32. The molecule has 0 saturated carbocycles. The Bertz CT molecular complexity index is 1070. The summed E-state index contributed by atoms with van der Waals surface area (Å²) in [4.78, 5) is 26.3. The average molecular weight is 462 g/mol. The molecule has 1 aliphatic rings. The second-order valence-corrected chi connectivity index (χ2v) is 8.62. The van der Waals surface area contributed by atoms with Gasteiger partial charge < -0.3 is 15.1 Å². The Morgan fingerprint density at radius 2 is 1.71 bits per heavy atom. The predicted octanol–water partition coefficient (Wildman–Crippen LogP) is 4.66. The highest BCUT2D eigenvalue weighted by molar-refractivity contribution is 5.79. The van der Waals surface area contributed by atoms with Gasteiger partial charge in [0, 0.05) is 56.4 Å². The van der Waals surface area contributed by atoms with Crippen molar-refractivity contribution < 1.29 is 9.18 Å². The van der Waals surface area contributed by atoms with Gasteiger partial charge in [0.15, 0.2) is 0 Å². The number of nitrogens with one attached hydrogen (secondary N) is 1. The Morgan fingerprint density at radius 3 is 2.35 bits per heavy atom. The van der Waals surface area contributed by atoms with Crippen molar-refractivity contribution in [1.82, 2.24) is 15.3 Å². The third-order valence-corrected chi connectivity index (χ3v) is 6.42. The molecular weight excluding hydrogens is 429 g/mol. The number of halogens is 1. The number of rotatable bonds is 8. The highest BCUT2D eigenvalue weighted by Gasteiger charge is 2.27. The quantitative estimate of drug-likeness (QED) is 0.529. The number of nitrogens with zero attached hydrogens (tertiary/aromatic N) is 4. The summed E-state index contributed by atoms with van der Waals surface area (Å²) in [7, 11) is 0. The van der Waals surface area contributed by atoms with Crippen LogP contribution in [0, 0.1) is 11.7 Å². The lowest BCUT2D eigenvalue weighted by molar-refractivity contribution is -0.125. The van der Waals surface area contributed by atoms with Gasteiger partial charge in [-0.3, -0.25) is 4.79 Å². The molecule has 1 saturated heterocycles. The largest absolute Gasteiger partial charge is 0.372 e. The van der Waals surface area contributed by atoms with Crippen molar-refractivity contribution in [3.8, 4) is 11.1 Å². The molecule has 1 aromatic heterocycles. The van der Waals surface area contributed by atoms with Crippen molar-refractivity contribution in [3.05, 3.63) is 72.3 Å². The summed E-state index contributed by atoms with van der Waals surface area (Å²) >= 11 is 0. The zero-order valence-corrected chi connectivity index (χ0v) is 19.9. The summed E-state index contributed by atoms with van der Waals surface area (Å²) in [6, 6.07) is 14.7. The molecule has 0 radical (unpaired) electrons. The van der Waals surface area contributed by atoms with E-state index in [1.165, 1.54) is 17.8 Å². The fraction of sp³-hybridized carbons (Fsp3) is 0.370. The molecule has 7 heteroatoms. The lowest BCUT2D eigenvalue weighted by atomic mass is 9.97. The number of carbonyl (C=O) groups excluding carboxylic acids is 1. The highest BCUT2D eigenvalue weighted by atomic mass is 19.1. The van der Waals surface area contributed by atoms with Crippen LogP contribution in [0.4, 0.5) is 16.0 Å². The van der Waals surface area contributed by atoms with Gasteiger partial charge in [0.25, 0.3) is 0 Å². The lowest BCUT2D eigenvalue weighted by Gasteiger charge is -2.32. The standard InChI is InChI=1S/C27H32FN5O/c1-3-32(4-2)25-13-7-20(8-14-25)16-29-26(34)22-6-5-15-33(19-22)27-30-17-23(18-31-27)21-9-11-24(28)12-10-21/h7-14,17-18,22H,3-6,15-16,19H2,1-2H3,(H,29,34). The van der Waals surface area contributed by atoms with Crippen LogP contribution in [0.5, 0.6) is 0 Å². The van der Waals surface area contributed by atoms with E-state index in [1.807, 2.05) is 0 Å². The molecule has 3 aromatic rings. The van der Waals surface area contributed by atoms with E-state index in [0.29, 0.717) is 19.0 Å². The van der Waals surface area contributed by atoms with Gasteiger partial charge in [-0.05, 0) is 62.1 Å². The molecule has 1 N–H and O–H groups in total. The van der Waals surface area contributed by atoms with Gasteiger partial charge >= 0.3 is 0 Å². The molecule has 2 heterocycles. The van der Waals surface area contributed by atoms with Crippen LogP contribution in [0.1, 0.15) is 32.3 Å². The fourth-order valence-electron chi connectivity index (χ4n) is 4.40. The molecule has 0 aliphatic carbocycles. The second-order valence-electron chi connectivity index (χ2n) is 8.62. The minimum Gasteiger partial charge on any atom is -0.372 e. The van der Waals surface area contributed by atoms with Crippen LogP contribution in [0.3, 0.4) is 0 Å². The van der Waals surface area contributed by atoms with Crippen molar-refractivity contribution in [1.29, 1.82) is 0 Å². The summed E-state index contributed by atoms with van der Waals surface area (Å²) in [6.07, 6.45) is 5.28. The highest BCUT2D eigenvalue weighted by Crippen LogP contribution is 2.23. The third kappa shape index (κ3) is 5.71. The number of hydrogen-bond acceptors (Lipinski definition) is 5. The van der Waals surface area contributed by atoms with Crippen molar-refractivity contribution >= 4 is 17.5 Å². The summed E-state index contributed by atoms with van der Waals surface area (Å²) in [5.41, 5.74) is 4.00. The zero-order valence-electron chi connectivity index (χ0n) is 19.9. The van der Waals surface area contributed by atoms with E-state index in [0.717, 1.165) is 49.2 Å². The smallest absolute Gasteiger partial charge is 0.225 e. The van der Waals surface area contributed by atoms with E-state index < -0.39 is 0 Å². The molecule has 178 valence electrons. The average Bonchev–Trinajstić information content (AvgIpc) is 2.89. The zero-order chi connectivity index (χ0) is 23.9. The van der Waals surface area contributed by atoms with Crippen LogP contribution < -0.4 is 15.1 Å². The van der Waals surface area contributed by atoms with E-state index in [2.05, 4.69) is 63.2 Å². The molecule has 6 nitrogen and oxygen atoms in total. The number of carbonyl (C=O) groups is 1. The maximum absolute atomic E-state index is 13.2. The van der Waals surface area contributed by atoms with Gasteiger partial charge in [-0.25, -0.2) is 14.4 Å². The minimum absolute atomic E-state index is 0.0699. The first kappa shape index (κ1) is 23.7. The maximum Gasteiger partial charge on any atom is 0.225 e. The van der Waals surface area contributed by atoms with Crippen LogP contribution >= 0.6 is 0 Å². The third-order valence-electron chi connectivity index (χ3n) is 6.42. The van der Waals surface area contributed by atoms with E-state index in [4.69, 9.17) is 0 Å². The fourth-order valence-corrected chi connectivity index (χ4v) is 4.40. The van der Waals surface area contributed by atoms with Crippen LogP contribution in [0.25, 0.3) is 11.1 Å². The van der Waals surface area contributed by atoms with Crippen LogP contribution in [-0.4, -0.2) is 42.1 Å². The monoisotopic (exact) mass is 461 g/mol. The Kier molecular flexibility index (Phi) is 7.72. The van der Waals surface area contributed by atoms with Gasteiger partial charge in [0.05, 0.1) is 5.92 Å². The van der Waals surface area contributed by atoms with Gasteiger partial charge in [-0.15, -0.1) is 0 Å². The van der Waals surface area contributed by atoms with Gasteiger partial charge in [0.1, 0.15) is 5.82 Å². The molecule has 34 heavy (non-hydrogen) atoms. The Morgan fingerprint density at radius 1 is 1.03 bits per heavy atom. The SMILES string of the molecule is CCN(CC)c1ccc(CNC(=O)C2CCCN(c3ncc(-c4ccc(F)cc4)cn3)C2)cc1. The van der Waals surface area contributed by atoms with E-state index >= 15 is 0 Å². The normalized spacial score (nSPS) is 15.7. The number of amides is 1. The minimum atomic E-state index is -0.268. The first-order valence-corrected chi connectivity index (χ1v) is 12.0. The molecule has 4 rings (SSSR count). The number of aromatic nitrogens is 2. The van der Waals surface area contributed by atoms with E-state index in [1.54, 1.807) is 24.5 Å². The van der Waals surface area contributed by atoms with Crippen LogP contribution in [0.2, 0.25) is 0 Å². The van der Waals surface area contributed by atoms with Crippen molar-refractivity contribution in [2.24, 2.45) is 5.92 Å². The number of benzene rings is 2. The molecule has 1 unspecified atom stereocenters. The summed E-state index contributed by atoms with van der Waals surface area (Å²) in [5, 5.41) is 3.10. The first-order chi connectivity index (χ1) is 16.6. The predicted molar refractivity (Wildman–Crippen MR) is 134 cm³/mol. The lowest BCUT2D eigenvalue weighted by Crippen LogP contribution is -2.43. The number of anilines is 2. The Hall–Kier alpha value is -3.48. The molecule has 1 atom stereocenters. The number of piperidine rings is 1. The van der Waals surface area contributed by atoms with E-state index in [-0.39, 0.29) is 17.6 Å².